The monoisotopic (exact) mass is 151 g/mol. The predicted molar refractivity (Wildman–Crippen MR) is 40.6 cm³/mol. The third-order valence-corrected chi connectivity index (χ3v) is 1.30. The summed E-state index contributed by atoms with van der Waals surface area (Å²) in [4.78, 5) is 10.3. The van der Waals surface area contributed by atoms with Gasteiger partial charge in [0.1, 0.15) is 0 Å². The van der Waals surface area contributed by atoms with Crippen LogP contribution in [0.2, 0.25) is 0 Å². The molecule has 0 spiro atoms. The molecule has 4 heteroatoms. The lowest BCUT2D eigenvalue weighted by molar-refractivity contribution is 0.0697. The van der Waals surface area contributed by atoms with Gasteiger partial charge >= 0.3 is 5.97 Å². The van der Waals surface area contributed by atoms with E-state index >= 15 is 0 Å². The first-order valence-corrected chi connectivity index (χ1v) is 2.95. The van der Waals surface area contributed by atoms with Gasteiger partial charge in [-0.2, -0.15) is 0 Å². The minimum atomic E-state index is -1.04. The number of aromatic carboxylic acids is 1. The van der Waals surface area contributed by atoms with E-state index in [1.165, 1.54) is 18.2 Å². The van der Waals surface area contributed by atoms with Crippen molar-refractivity contribution in [3.05, 3.63) is 23.8 Å². The van der Waals surface area contributed by atoms with Crippen LogP contribution in [0.3, 0.4) is 0 Å². The number of rotatable bonds is 1. The molecule has 0 saturated heterocycles. The van der Waals surface area contributed by atoms with Crippen LogP contribution in [0.5, 0.6) is 0 Å². The van der Waals surface area contributed by atoms with Gasteiger partial charge in [0.15, 0.2) is 0 Å². The Labute approximate surface area is 63.4 Å². The van der Waals surface area contributed by atoms with Gasteiger partial charge in [-0.3, -0.25) is 5.73 Å². The first-order chi connectivity index (χ1) is 5.11. The molecule has 0 aliphatic heterocycles. The molecule has 0 amide bonds. The molecule has 1 rings (SSSR count). The largest absolute Gasteiger partial charge is 0.478 e. The van der Waals surface area contributed by atoms with Crippen molar-refractivity contribution < 1.29 is 9.90 Å². The van der Waals surface area contributed by atoms with Crippen molar-refractivity contribution in [3.8, 4) is 0 Å². The molecular formula is C7H7N2O2. The Balaban J connectivity index is 3.15. The van der Waals surface area contributed by atoms with E-state index in [0.717, 1.165) is 0 Å². The molecule has 0 unspecified atom stereocenters. The van der Waals surface area contributed by atoms with Crippen molar-refractivity contribution in [2.24, 2.45) is 0 Å². The van der Waals surface area contributed by atoms with Crippen LogP contribution in [0.15, 0.2) is 18.2 Å². The second-order valence-corrected chi connectivity index (χ2v) is 2.11. The predicted octanol–water partition coefficient (Wildman–Crippen LogP) is 0.881. The van der Waals surface area contributed by atoms with Crippen molar-refractivity contribution in [1.29, 1.82) is 0 Å². The molecule has 0 atom stereocenters. The molecule has 0 aliphatic rings. The van der Waals surface area contributed by atoms with Crippen LogP contribution in [0.25, 0.3) is 0 Å². The summed E-state index contributed by atoms with van der Waals surface area (Å²) in [6, 6.07) is 4.00. The number of hydrogen-bond donors (Lipinski definition) is 2. The highest BCUT2D eigenvalue weighted by Gasteiger charge is 2.03. The maximum absolute atomic E-state index is 10.3. The second-order valence-electron chi connectivity index (χ2n) is 2.11. The zero-order valence-electron chi connectivity index (χ0n) is 5.66. The number of carbonyl (C=O) groups is 1. The van der Waals surface area contributed by atoms with Gasteiger partial charge in [0.25, 0.3) is 0 Å². The Morgan fingerprint density at radius 1 is 1.55 bits per heavy atom. The lowest BCUT2D eigenvalue weighted by Gasteiger charge is -1.98. The van der Waals surface area contributed by atoms with E-state index in [9.17, 15) is 4.79 Å². The van der Waals surface area contributed by atoms with E-state index in [-0.39, 0.29) is 16.9 Å². The van der Waals surface area contributed by atoms with Crippen molar-refractivity contribution in [2.75, 3.05) is 5.73 Å². The highest BCUT2D eigenvalue weighted by Crippen LogP contribution is 2.17. The Kier molecular flexibility index (Phi) is 1.68. The molecule has 4 N–H and O–H groups in total. The first kappa shape index (κ1) is 7.40. The highest BCUT2D eigenvalue weighted by molar-refractivity contribution is 5.89. The maximum atomic E-state index is 10.3. The maximum Gasteiger partial charge on any atom is 0.335 e. The Morgan fingerprint density at radius 2 is 2.18 bits per heavy atom. The molecule has 0 bridgehead atoms. The molecule has 0 aromatic heterocycles. The van der Waals surface area contributed by atoms with Gasteiger partial charge in [0, 0.05) is 0 Å². The van der Waals surface area contributed by atoms with Gasteiger partial charge in [-0.25, -0.2) is 4.79 Å². The fourth-order valence-corrected chi connectivity index (χ4v) is 0.689. The highest BCUT2D eigenvalue weighted by atomic mass is 16.4. The van der Waals surface area contributed by atoms with Crippen LogP contribution in [0.4, 0.5) is 11.4 Å². The fraction of sp³-hybridized carbons (Fsp3) is 0. The molecule has 57 valence electrons. The SMILES string of the molecule is [NH]c1cc(C(=O)O)ccc1N. The molecule has 4 nitrogen and oxygen atoms in total. The van der Waals surface area contributed by atoms with Crippen molar-refractivity contribution in [1.82, 2.24) is 5.73 Å². The van der Waals surface area contributed by atoms with E-state index < -0.39 is 5.97 Å². The van der Waals surface area contributed by atoms with E-state index in [1.54, 1.807) is 0 Å². The van der Waals surface area contributed by atoms with Crippen LogP contribution in [-0.2, 0) is 0 Å². The zero-order chi connectivity index (χ0) is 8.43. The van der Waals surface area contributed by atoms with Crippen LogP contribution in [0.1, 0.15) is 10.4 Å². The topological polar surface area (TPSA) is 87.1 Å². The van der Waals surface area contributed by atoms with E-state index in [4.69, 9.17) is 16.6 Å². The zero-order valence-corrected chi connectivity index (χ0v) is 5.66. The third-order valence-electron chi connectivity index (χ3n) is 1.30. The molecule has 0 fully saturated rings. The summed E-state index contributed by atoms with van der Waals surface area (Å²) < 4.78 is 0. The second kappa shape index (κ2) is 2.49. The number of nitrogens with one attached hydrogen (secondary N) is 1. The van der Waals surface area contributed by atoms with Crippen molar-refractivity contribution in [2.45, 2.75) is 0 Å². The number of hydrogen-bond acceptors (Lipinski definition) is 2. The molecule has 11 heavy (non-hydrogen) atoms. The lowest BCUT2D eigenvalue weighted by atomic mass is 10.2. The van der Waals surface area contributed by atoms with Crippen molar-refractivity contribution >= 4 is 17.3 Å². The minimum Gasteiger partial charge on any atom is -0.478 e. The Morgan fingerprint density at radius 3 is 2.64 bits per heavy atom. The van der Waals surface area contributed by atoms with Gasteiger partial charge < -0.3 is 10.8 Å². The quantitative estimate of drug-likeness (QED) is 0.584. The van der Waals surface area contributed by atoms with Crippen LogP contribution < -0.4 is 11.5 Å². The standard InChI is InChI=1S/C7H7N2O2/c8-5-2-1-4(7(10)11)3-6(5)9/h1-3,9H,8H2,(H,10,11). The molecule has 0 aliphatic carbocycles. The molecule has 1 aromatic carbocycles. The smallest absolute Gasteiger partial charge is 0.335 e. The summed E-state index contributed by atoms with van der Waals surface area (Å²) in [5.41, 5.74) is 12.9. The first-order valence-electron chi connectivity index (χ1n) is 2.95. The average Bonchev–Trinajstić information content (AvgIpc) is 1.94. The van der Waals surface area contributed by atoms with Crippen molar-refractivity contribution in [3.63, 3.8) is 0 Å². The van der Waals surface area contributed by atoms with Gasteiger partial charge in [-0.1, -0.05) is 0 Å². The van der Waals surface area contributed by atoms with E-state index in [2.05, 4.69) is 0 Å². The molecule has 1 radical (unpaired) electrons. The lowest BCUT2D eigenvalue weighted by Crippen LogP contribution is -1.97. The average molecular weight is 151 g/mol. The molecule has 0 saturated carbocycles. The van der Waals surface area contributed by atoms with Gasteiger partial charge in [0.05, 0.1) is 16.9 Å². The summed E-state index contributed by atoms with van der Waals surface area (Å²) in [5, 5.41) is 8.48. The van der Waals surface area contributed by atoms with Crippen LogP contribution in [0, 0.1) is 0 Å². The summed E-state index contributed by atoms with van der Waals surface area (Å²) in [6.45, 7) is 0. The third kappa shape index (κ3) is 1.40. The van der Waals surface area contributed by atoms with E-state index in [0.29, 0.717) is 0 Å². The van der Waals surface area contributed by atoms with Crippen LogP contribution >= 0.6 is 0 Å². The summed E-state index contributed by atoms with van der Waals surface area (Å²) in [6.07, 6.45) is 0. The number of anilines is 1. The number of benzene rings is 1. The molecule has 0 heterocycles. The molecular weight excluding hydrogens is 144 g/mol. The number of nitrogens with two attached hydrogens (primary N) is 1. The van der Waals surface area contributed by atoms with Crippen LogP contribution in [-0.4, -0.2) is 11.1 Å². The number of carboxylic acid groups (broad SMARTS) is 1. The summed E-state index contributed by atoms with van der Waals surface area (Å²) in [7, 11) is 0. The fourth-order valence-electron chi connectivity index (χ4n) is 0.689. The minimum absolute atomic E-state index is 0.0462. The van der Waals surface area contributed by atoms with E-state index in [1.807, 2.05) is 0 Å². The Bertz CT molecular complexity index is 296. The summed E-state index contributed by atoms with van der Waals surface area (Å²) >= 11 is 0. The van der Waals surface area contributed by atoms with Gasteiger partial charge in [0.2, 0.25) is 0 Å². The Hall–Kier alpha value is -1.71. The van der Waals surface area contributed by atoms with Gasteiger partial charge in [-0.15, -0.1) is 0 Å². The number of nitrogen functional groups attached to an aromatic ring is 1. The number of carboxylic acids is 1. The summed E-state index contributed by atoms with van der Waals surface area (Å²) in [5.74, 6) is -1.04. The van der Waals surface area contributed by atoms with Gasteiger partial charge in [-0.05, 0) is 18.2 Å². The normalized spacial score (nSPS) is 9.45. The molecule has 1 aromatic rings.